The van der Waals surface area contributed by atoms with E-state index in [1.165, 1.54) is 12.5 Å². The number of rotatable bonds is 7. The molecule has 4 aliphatic rings. The minimum absolute atomic E-state index is 0.0141. The molecular weight excluding hydrogens is 464 g/mol. The zero-order valence-corrected chi connectivity index (χ0v) is 24.3. The van der Waals surface area contributed by atoms with Crippen LogP contribution in [-0.4, -0.2) is 34.9 Å². The molecule has 5 heteroatoms. The van der Waals surface area contributed by atoms with Crippen molar-refractivity contribution in [1.29, 1.82) is 0 Å². The zero-order chi connectivity index (χ0) is 27.4. The molecule has 0 unspecified atom stereocenters. The first kappa shape index (κ1) is 28.4. The van der Waals surface area contributed by atoms with E-state index in [1.54, 1.807) is 11.1 Å². The van der Waals surface area contributed by atoms with Crippen molar-refractivity contribution in [3.05, 3.63) is 22.8 Å². The Morgan fingerprint density at radius 2 is 1.70 bits per heavy atom. The van der Waals surface area contributed by atoms with Gasteiger partial charge in [0.2, 0.25) is 0 Å². The first-order valence-electron chi connectivity index (χ1n) is 14.6. The molecule has 37 heavy (non-hydrogen) atoms. The van der Waals surface area contributed by atoms with Gasteiger partial charge in [0.15, 0.2) is 0 Å². The summed E-state index contributed by atoms with van der Waals surface area (Å²) in [5.41, 5.74) is 3.98. The quantitative estimate of drug-likeness (QED) is 0.280. The van der Waals surface area contributed by atoms with E-state index in [9.17, 15) is 19.8 Å². The summed E-state index contributed by atoms with van der Waals surface area (Å²) in [5.74, 6) is -0.728. The number of fused-ring (bicyclic) bond motifs is 4. The fourth-order valence-corrected chi connectivity index (χ4v) is 9.82. The lowest BCUT2D eigenvalue weighted by Crippen LogP contribution is -2.58. The van der Waals surface area contributed by atoms with Crippen LogP contribution in [0.3, 0.4) is 0 Å². The van der Waals surface area contributed by atoms with Gasteiger partial charge in [-0.3, -0.25) is 9.59 Å². The Morgan fingerprint density at radius 1 is 1.00 bits per heavy atom. The van der Waals surface area contributed by atoms with Crippen LogP contribution < -0.4 is 0 Å². The molecule has 0 aliphatic heterocycles. The number of hydrogen-bond acceptors (Lipinski definition) is 4. The maximum atomic E-state index is 12.5. The Morgan fingerprint density at radius 3 is 2.30 bits per heavy atom. The second-order valence-corrected chi connectivity index (χ2v) is 14.0. The van der Waals surface area contributed by atoms with Crippen LogP contribution in [0, 0.1) is 39.4 Å². The third kappa shape index (κ3) is 4.32. The van der Waals surface area contributed by atoms with E-state index in [-0.39, 0.29) is 52.7 Å². The van der Waals surface area contributed by atoms with Crippen molar-refractivity contribution in [3.8, 4) is 0 Å². The number of aliphatic hydroxyl groups excluding tert-OH is 1. The highest BCUT2D eigenvalue weighted by Crippen LogP contribution is 2.72. The molecule has 0 bridgehead atoms. The Balaban J connectivity index is 1.68. The Hall–Kier alpha value is -1.62. The lowest BCUT2D eigenvalue weighted by molar-refractivity contribution is -0.176. The maximum absolute atomic E-state index is 12.5. The van der Waals surface area contributed by atoms with E-state index < -0.39 is 11.4 Å². The molecule has 4 aliphatic carbocycles. The number of carboxylic acids is 1. The molecule has 2 fully saturated rings. The summed E-state index contributed by atoms with van der Waals surface area (Å²) in [6.07, 6.45) is 11.3. The molecule has 0 saturated heterocycles. The summed E-state index contributed by atoms with van der Waals surface area (Å²) in [5, 5.41) is 20.9. The standard InChI is InChI=1S/C32H50O5/c1-20(2)9-8-10-22(28(35)36)23-13-17-32(7)25-11-12-26-29(4,24(25)14-18-31(23,32)6)16-15-27(37-21(3)34)30(26,5)19-33/h9,22-23,26-27,33H,8,10-19H2,1-7H3,(H,35,36)/t22-,23-,26+,27+,29+,30+,31-,32+/m0/s1. The van der Waals surface area contributed by atoms with Crippen molar-refractivity contribution in [1.82, 2.24) is 0 Å². The van der Waals surface area contributed by atoms with Crippen molar-refractivity contribution in [2.45, 2.75) is 119 Å². The largest absolute Gasteiger partial charge is 0.481 e. The fraction of sp³-hybridized carbons (Fsp3) is 0.812. The van der Waals surface area contributed by atoms with Gasteiger partial charge >= 0.3 is 11.9 Å². The topological polar surface area (TPSA) is 83.8 Å². The monoisotopic (exact) mass is 514 g/mol. The van der Waals surface area contributed by atoms with Gasteiger partial charge in [-0.05, 0) is 106 Å². The van der Waals surface area contributed by atoms with E-state index in [0.29, 0.717) is 0 Å². The van der Waals surface area contributed by atoms with E-state index in [1.807, 2.05) is 0 Å². The predicted molar refractivity (Wildman–Crippen MR) is 146 cm³/mol. The smallest absolute Gasteiger partial charge is 0.306 e. The van der Waals surface area contributed by atoms with Crippen LogP contribution in [0.15, 0.2) is 22.8 Å². The van der Waals surface area contributed by atoms with Gasteiger partial charge < -0.3 is 14.9 Å². The van der Waals surface area contributed by atoms with Crippen molar-refractivity contribution < 1.29 is 24.5 Å². The third-order valence-corrected chi connectivity index (χ3v) is 12.0. The van der Waals surface area contributed by atoms with Gasteiger partial charge in [-0.25, -0.2) is 0 Å². The second kappa shape index (κ2) is 9.84. The summed E-state index contributed by atoms with van der Waals surface area (Å²) < 4.78 is 5.77. The van der Waals surface area contributed by atoms with Crippen molar-refractivity contribution in [2.24, 2.45) is 39.4 Å². The number of hydrogen-bond donors (Lipinski definition) is 2. The molecule has 208 valence electrons. The second-order valence-electron chi connectivity index (χ2n) is 14.0. The van der Waals surface area contributed by atoms with E-state index in [4.69, 9.17) is 4.74 Å². The lowest BCUT2D eigenvalue weighted by atomic mass is 9.43. The highest BCUT2D eigenvalue weighted by molar-refractivity contribution is 5.70. The minimum atomic E-state index is -0.629. The van der Waals surface area contributed by atoms with Crippen LogP contribution >= 0.6 is 0 Å². The molecule has 0 heterocycles. The maximum Gasteiger partial charge on any atom is 0.306 e. The molecule has 0 spiro atoms. The molecule has 0 amide bonds. The fourth-order valence-electron chi connectivity index (χ4n) is 9.82. The number of aliphatic carboxylic acids is 1. The van der Waals surface area contributed by atoms with Gasteiger partial charge in [0.1, 0.15) is 6.10 Å². The summed E-state index contributed by atoms with van der Waals surface area (Å²) in [6, 6.07) is 0. The molecule has 8 atom stereocenters. The lowest BCUT2D eigenvalue weighted by Gasteiger charge is -2.62. The summed E-state index contributed by atoms with van der Waals surface area (Å²) in [6.45, 7) is 15.0. The normalized spacial score (nSPS) is 41.8. The first-order valence-corrected chi connectivity index (χ1v) is 14.6. The van der Waals surface area contributed by atoms with Crippen molar-refractivity contribution >= 4 is 11.9 Å². The number of esters is 1. The molecule has 2 saturated carbocycles. The van der Waals surface area contributed by atoms with E-state index in [0.717, 1.165) is 64.2 Å². The van der Waals surface area contributed by atoms with E-state index >= 15 is 0 Å². The summed E-state index contributed by atoms with van der Waals surface area (Å²) in [4.78, 5) is 24.4. The first-order chi connectivity index (χ1) is 17.2. The summed E-state index contributed by atoms with van der Waals surface area (Å²) in [7, 11) is 0. The van der Waals surface area contributed by atoms with Gasteiger partial charge in [-0.15, -0.1) is 0 Å². The van der Waals surface area contributed by atoms with Gasteiger partial charge in [0.05, 0.1) is 12.5 Å². The van der Waals surface area contributed by atoms with Gasteiger partial charge in [-0.1, -0.05) is 50.5 Å². The Bertz CT molecular complexity index is 991. The van der Waals surface area contributed by atoms with Crippen LogP contribution in [0.4, 0.5) is 0 Å². The predicted octanol–water partition coefficient (Wildman–Crippen LogP) is 7.09. The van der Waals surface area contributed by atoms with Crippen LogP contribution in [-0.2, 0) is 14.3 Å². The molecular formula is C32H50O5. The highest BCUT2D eigenvalue weighted by Gasteiger charge is 2.65. The zero-order valence-electron chi connectivity index (χ0n) is 24.3. The number of carbonyl (C=O) groups excluding carboxylic acids is 1. The van der Waals surface area contributed by atoms with Crippen LogP contribution in [0.5, 0.6) is 0 Å². The SMILES string of the molecule is CC(=O)O[C@@H]1CC[C@]2(C)C3=C(CC[C@H]2[C@@]1(C)CO)[C@@]1(C)CC[C@@H]([C@H](CCC=C(C)C)C(=O)O)[C@]1(C)CC3. The number of ether oxygens (including phenoxy) is 1. The average molecular weight is 515 g/mol. The number of aliphatic hydroxyl groups is 1. The van der Waals surface area contributed by atoms with Crippen molar-refractivity contribution in [3.63, 3.8) is 0 Å². The Labute approximate surface area is 224 Å². The third-order valence-electron chi connectivity index (χ3n) is 12.0. The molecule has 0 aromatic carbocycles. The number of allylic oxidation sites excluding steroid dienone is 4. The molecule has 0 aromatic heterocycles. The highest BCUT2D eigenvalue weighted by atomic mass is 16.5. The molecule has 0 aromatic rings. The van der Waals surface area contributed by atoms with Crippen LogP contribution in [0.25, 0.3) is 0 Å². The minimum Gasteiger partial charge on any atom is -0.481 e. The number of carboxylic acid groups (broad SMARTS) is 1. The van der Waals surface area contributed by atoms with Crippen LogP contribution in [0.2, 0.25) is 0 Å². The van der Waals surface area contributed by atoms with Gasteiger partial charge in [-0.2, -0.15) is 0 Å². The number of carbonyl (C=O) groups is 2. The molecule has 2 N–H and O–H groups in total. The van der Waals surface area contributed by atoms with Crippen molar-refractivity contribution in [2.75, 3.05) is 6.61 Å². The molecule has 4 rings (SSSR count). The molecule has 5 nitrogen and oxygen atoms in total. The van der Waals surface area contributed by atoms with Gasteiger partial charge in [0.25, 0.3) is 0 Å². The molecule has 0 radical (unpaired) electrons. The average Bonchev–Trinajstić information content (AvgIpc) is 3.09. The Kier molecular flexibility index (Phi) is 7.55. The van der Waals surface area contributed by atoms with Gasteiger partial charge in [0, 0.05) is 12.3 Å². The van der Waals surface area contributed by atoms with Crippen LogP contribution in [0.1, 0.15) is 113 Å². The summed E-state index contributed by atoms with van der Waals surface area (Å²) >= 11 is 0. The van der Waals surface area contributed by atoms with E-state index in [2.05, 4.69) is 47.6 Å².